The van der Waals surface area contributed by atoms with Gasteiger partial charge in [0.15, 0.2) is 0 Å². The zero-order chi connectivity index (χ0) is 24.6. The smallest absolute Gasteiger partial charge is 0.286 e. The van der Waals surface area contributed by atoms with Crippen LogP contribution in [0, 0.1) is 12.8 Å². The molecule has 3 heterocycles. The van der Waals surface area contributed by atoms with Crippen molar-refractivity contribution < 1.29 is 14.4 Å². The maximum Gasteiger partial charge on any atom is 0.286 e. The number of amides is 3. The number of hydrogen-bond donors (Lipinski definition) is 2. The van der Waals surface area contributed by atoms with Gasteiger partial charge in [0.1, 0.15) is 0 Å². The number of aromatic nitrogens is 2. The third-order valence-electron chi connectivity index (χ3n) is 6.69. The lowest BCUT2D eigenvalue weighted by Gasteiger charge is -2.31. The van der Waals surface area contributed by atoms with Gasteiger partial charge in [0.25, 0.3) is 11.8 Å². The van der Waals surface area contributed by atoms with Gasteiger partial charge in [-0.3, -0.25) is 14.4 Å². The van der Waals surface area contributed by atoms with Gasteiger partial charge in [-0.2, -0.15) is 0 Å². The summed E-state index contributed by atoms with van der Waals surface area (Å²) in [6.45, 7) is 7.03. The summed E-state index contributed by atoms with van der Waals surface area (Å²) < 4.78 is 0. The molecule has 0 saturated carbocycles. The molecule has 2 aromatic rings. The van der Waals surface area contributed by atoms with Crippen LogP contribution in [0.25, 0.3) is 0 Å². The fourth-order valence-corrected chi connectivity index (χ4v) is 5.28. The van der Waals surface area contributed by atoms with E-state index in [1.807, 2.05) is 31.2 Å². The largest absolute Gasteiger partial charge is 0.355 e. The molecule has 0 spiro atoms. The van der Waals surface area contributed by atoms with Gasteiger partial charge >= 0.3 is 0 Å². The summed E-state index contributed by atoms with van der Waals surface area (Å²) in [5, 5.41) is 14.1. The maximum absolute atomic E-state index is 12.9. The molecule has 2 fully saturated rings. The fourth-order valence-electron chi connectivity index (χ4n) is 4.57. The summed E-state index contributed by atoms with van der Waals surface area (Å²) in [7, 11) is 0. The number of nitrogens with zero attached hydrogens (tertiary/aromatic N) is 4. The molecule has 3 amide bonds. The van der Waals surface area contributed by atoms with Gasteiger partial charge in [-0.15, -0.1) is 10.2 Å². The van der Waals surface area contributed by atoms with Crippen LogP contribution in [0.3, 0.4) is 0 Å². The van der Waals surface area contributed by atoms with E-state index in [9.17, 15) is 14.4 Å². The van der Waals surface area contributed by atoms with Crippen molar-refractivity contribution in [1.29, 1.82) is 0 Å². The lowest BCUT2D eigenvalue weighted by molar-refractivity contribution is -0.122. The Balaban J connectivity index is 1.18. The van der Waals surface area contributed by atoms with E-state index in [-0.39, 0.29) is 33.7 Å². The average molecular weight is 499 g/mol. The molecule has 1 aromatic carbocycles. The van der Waals surface area contributed by atoms with Crippen LogP contribution in [-0.4, -0.2) is 77.0 Å². The Morgan fingerprint density at radius 3 is 2.37 bits per heavy atom. The van der Waals surface area contributed by atoms with Crippen LogP contribution in [0.5, 0.6) is 0 Å². The molecule has 2 N–H and O–H groups in total. The van der Waals surface area contributed by atoms with Crippen molar-refractivity contribution >= 4 is 34.7 Å². The number of benzene rings is 1. The first kappa shape index (κ1) is 25.2. The number of piperidine rings is 2. The second-order valence-corrected chi connectivity index (χ2v) is 10.4. The van der Waals surface area contributed by atoms with Gasteiger partial charge in [-0.05, 0) is 63.7 Å². The summed E-state index contributed by atoms with van der Waals surface area (Å²) >= 11 is 1.00. The van der Waals surface area contributed by atoms with Crippen LogP contribution >= 0.6 is 11.3 Å². The number of nitrogens with one attached hydrogen (secondary N) is 2. The van der Waals surface area contributed by atoms with E-state index < -0.39 is 0 Å². The first-order valence-electron chi connectivity index (χ1n) is 12.5. The van der Waals surface area contributed by atoms with Crippen molar-refractivity contribution in [2.45, 2.75) is 45.4 Å². The number of hydrogen-bond acceptors (Lipinski definition) is 7. The predicted octanol–water partition coefficient (Wildman–Crippen LogP) is 2.94. The van der Waals surface area contributed by atoms with Crippen molar-refractivity contribution in [2.75, 3.05) is 44.6 Å². The van der Waals surface area contributed by atoms with Crippen molar-refractivity contribution in [1.82, 2.24) is 25.3 Å². The monoisotopic (exact) mass is 498 g/mol. The van der Waals surface area contributed by atoms with E-state index in [0.717, 1.165) is 49.4 Å². The minimum atomic E-state index is -0.379. The topological polar surface area (TPSA) is 108 Å². The van der Waals surface area contributed by atoms with Crippen LogP contribution in [-0.2, 0) is 4.79 Å². The van der Waals surface area contributed by atoms with E-state index in [1.54, 1.807) is 4.90 Å². The first-order chi connectivity index (χ1) is 17.0. The normalized spacial score (nSPS) is 17.2. The minimum absolute atomic E-state index is 0.0974. The molecular weight excluding hydrogens is 464 g/mol. The maximum atomic E-state index is 12.9. The van der Waals surface area contributed by atoms with Crippen LogP contribution in [0.1, 0.15) is 63.7 Å². The lowest BCUT2D eigenvalue weighted by atomic mass is 9.93. The number of rotatable bonds is 8. The SMILES string of the molecule is Cc1ccc(NC(=O)c2nnc(C(=O)N3CCC(CC(=O)NCCN4CCCCC4)CC3)s2)cc1. The highest BCUT2D eigenvalue weighted by Crippen LogP contribution is 2.23. The molecule has 0 radical (unpaired) electrons. The van der Waals surface area contributed by atoms with Gasteiger partial charge < -0.3 is 20.4 Å². The molecule has 188 valence electrons. The molecule has 0 aliphatic carbocycles. The van der Waals surface area contributed by atoms with Crippen molar-refractivity contribution in [2.24, 2.45) is 5.92 Å². The van der Waals surface area contributed by atoms with Crippen LogP contribution < -0.4 is 10.6 Å². The zero-order valence-corrected chi connectivity index (χ0v) is 21.1. The summed E-state index contributed by atoms with van der Waals surface area (Å²) in [5.74, 6) is -0.212. The number of likely N-dealkylation sites (tertiary alicyclic amines) is 2. The van der Waals surface area contributed by atoms with E-state index in [4.69, 9.17) is 0 Å². The second kappa shape index (κ2) is 12.2. The summed E-state index contributed by atoms with van der Waals surface area (Å²) in [6, 6.07) is 7.46. The summed E-state index contributed by atoms with van der Waals surface area (Å²) in [4.78, 5) is 41.8. The Bertz CT molecular complexity index is 1010. The molecule has 2 aliphatic heterocycles. The number of aryl methyl sites for hydroxylation is 1. The van der Waals surface area contributed by atoms with E-state index in [1.165, 1.54) is 19.3 Å². The molecule has 2 saturated heterocycles. The Morgan fingerprint density at radius 1 is 0.971 bits per heavy atom. The third kappa shape index (κ3) is 7.32. The molecule has 9 nitrogen and oxygen atoms in total. The third-order valence-corrected chi connectivity index (χ3v) is 7.60. The highest BCUT2D eigenvalue weighted by molar-refractivity contribution is 7.15. The van der Waals surface area contributed by atoms with Gasteiger partial charge in [0, 0.05) is 38.3 Å². The summed E-state index contributed by atoms with van der Waals surface area (Å²) in [5.41, 5.74) is 1.77. The minimum Gasteiger partial charge on any atom is -0.355 e. The number of carbonyl (C=O) groups excluding carboxylic acids is 3. The first-order valence-corrected chi connectivity index (χ1v) is 13.3. The van der Waals surface area contributed by atoms with E-state index in [2.05, 4.69) is 25.7 Å². The molecule has 35 heavy (non-hydrogen) atoms. The Labute approximate surface area is 210 Å². The number of anilines is 1. The standard InChI is InChI=1S/C25H34N6O3S/c1-18-5-7-20(8-6-18)27-22(33)23-28-29-24(35-23)25(34)31-14-9-19(10-15-31)17-21(32)26-11-16-30-12-3-2-4-13-30/h5-8,19H,2-4,9-17H2,1H3,(H,26,32)(H,27,33). The molecule has 1 aromatic heterocycles. The molecule has 4 rings (SSSR count). The molecule has 2 aliphatic rings. The second-order valence-electron chi connectivity index (χ2n) is 9.42. The number of carbonyl (C=O) groups is 3. The van der Waals surface area contributed by atoms with Gasteiger partial charge in [0.05, 0.1) is 0 Å². The quantitative estimate of drug-likeness (QED) is 0.580. The average Bonchev–Trinajstić information content (AvgIpc) is 3.37. The van der Waals surface area contributed by atoms with Crippen molar-refractivity contribution in [3.8, 4) is 0 Å². The molecule has 10 heteroatoms. The molecule has 0 bridgehead atoms. The van der Waals surface area contributed by atoms with Gasteiger partial charge in [-0.1, -0.05) is 35.5 Å². The highest BCUT2D eigenvalue weighted by Gasteiger charge is 2.28. The summed E-state index contributed by atoms with van der Waals surface area (Å²) in [6.07, 6.45) is 5.89. The van der Waals surface area contributed by atoms with Crippen LogP contribution in [0.4, 0.5) is 5.69 Å². The Morgan fingerprint density at radius 2 is 1.66 bits per heavy atom. The zero-order valence-electron chi connectivity index (χ0n) is 20.3. The molecular formula is C25H34N6O3S. The Kier molecular flexibility index (Phi) is 8.81. The lowest BCUT2D eigenvalue weighted by Crippen LogP contribution is -2.41. The van der Waals surface area contributed by atoms with Gasteiger partial charge in [-0.25, -0.2) is 0 Å². The molecule has 0 unspecified atom stereocenters. The molecule has 0 atom stereocenters. The van der Waals surface area contributed by atoms with E-state index >= 15 is 0 Å². The van der Waals surface area contributed by atoms with Crippen LogP contribution in [0.15, 0.2) is 24.3 Å². The predicted molar refractivity (Wildman–Crippen MR) is 136 cm³/mol. The fraction of sp³-hybridized carbons (Fsp3) is 0.560. The highest BCUT2D eigenvalue weighted by atomic mass is 32.1. The Hall–Kier alpha value is -2.85. The van der Waals surface area contributed by atoms with Gasteiger partial charge in [0.2, 0.25) is 15.9 Å². The van der Waals surface area contributed by atoms with E-state index in [0.29, 0.717) is 31.7 Å². The van der Waals surface area contributed by atoms with Crippen LogP contribution in [0.2, 0.25) is 0 Å². The van der Waals surface area contributed by atoms with Crippen molar-refractivity contribution in [3.05, 3.63) is 39.8 Å². The van der Waals surface area contributed by atoms with Crippen molar-refractivity contribution in [3.63, 3.8) is 0 Å².